The second-order valence-electron chi connectivity index (χ2n) is 6.25. The standard InChI is InChI=1S/C22H27NO4/c1-3-21(26-15-18-10-6-4-7-11-18)22(20(14-24)23-17(2)25)27-16-19-12-8-5-9-13-19/h3-13,20-22,24H,1,14-16H2,2H3,(H,23,25)/t20-,21-,22+/m0/s1. The monoisotopic (exact) mass is 369 g/mol. The highest BCUT2D eigenvalue weighted by atomic mass is 16.5. The fourth-order valence-corrected chi connectivity index (χ4v) is 2.76. The molecule has 2 rings (SSSR count). The van der Waals surface area contributed by atoms with Crippen molar-refractivity contribution in [3.63, 3.8) is 0 Å². The normalized spacial score (nSPS) is 14.1. The van der Waals surface area contributed by atoms with Gasteiger partial charge in [0.25, 0.3) is 0 Å². The van der Waals surface area contributed by atoms with Crippen molar-refractivity contribution in [1.29, 1.82) is 0 Å². The molecule has 0 bridgehead atoms. The zero-order valence-corrected chi connectivity index (χ0v) is 15.6. The third-order valence-corrected chi connectivity index (χ3v) is 4.11. The van der Waals surface area contributed by atoms with Crippen LogP contribution in [0.5, 0.6) is 0 Å². The number of rotatable bonds is 11. The van der Waals surface area contributed by atoms with Crippen LogP contribution in [0.3, 0.4) is 0 Å². The summed E-state index contributed by atoms with van der Waals surface area (Å²) in [5.41, 5.74) is 2.01. The second kappa shape index (κ2) is 11.3. The predicted molar refractivity (Wildman–Crippen MR) is 105 cm³/mol. The molecular formula is C22H27NO4. The van der Waals surface area contributed by atoms with Crippen molar-refractivity contribution in [1.82, 2.24) is 5.32 Å². The van der Waals surface area contributed by atoms with Gasteiger partial charge in [0.05, 0.1) is 25.9 Å². The lowest BCUT2D eigenvalue weighted by atomic mass is 10.0. The molecule has 0 fully saturated rings. The molecule has 0 saturated carbocycles. The van der Waals surface area contributed by atoms with Gasteiger partial charge in [-0.05, 0) is 11.1 Å². The number of benzene rings is 2. The number of carbonyl (C=O) groups is 1. The number of nitrogens with one attached hydrogen (secondary N) is 1. The van der Waals surface area contributed by atoms with E-state index in [1.165, 1.54) is 6.92 Å². The van der Waals surface area contributed by atoms with Gasteiger partial charge in [-0.1, -0.05) is 66.7 Å². The average Bonchev–Trinajstić information content (AvgIpc) is 2.70. The zero-order valence-electron chi connectivity index (χ0n) is 15.6. The molecule has 0 saturated heterocycles. The van der Waals surface area contributed by atoms with Gasteiger partial charge in [0, 0.05) is 6.92 Å². The van der Waals surface area contributed by atoms with Crippen molar-refractivity contribution < 1.29 is 19.4 Å². The van der Waals surface area contributed by atoms with Gasteiger partial charge in [0.1, 0.15) is 12.2 Å². The first-order valence-electron chi connectivity index (χ1n) is 8.95. The molecule has 0 aliphatic rings. The summed E-state index contributed by atoms with van der Waals surface area (Å²) in [6.07, 6.45) is 0.557. The number of hydrogen-bond donors (Lipinski definition) is 2. The molecule has 2 aromatic carbocycles. The minimum atomic E-state index is -0.606. The first-order valence-corrected chi connectivity index (χ1v) is 8.95. The molecule has 2 aromatic rings. The Bertz CT molecular complexity index is 690. The van der Waals surface area contributed by atoms with Crippen LogP contribution in [-0.2, 0) is 27.5 Å². The highest BCUT2D eigenvalue weighted by Gasteiger charge is 2.30. The third kappa shape index (κ3) is 6.98. The van der Waals surface area contributed by atoms with Gasteiger partial charge in [-0.3, -0.25) is 4.79 Å². The second-order valence-corrected chi connectivity index (χ2v) is 6.25. The zero-order chi connectivity index (χ0) is 19.5. The quantitative estimate of drug-likeness (QED) is 0.598. The van der Waals surface area contributed by atoms with Crippen LogP contribution in [0, 0.1) is 0 Å². The van der Waals surface area contributed by atoms with Gasteiger partial charge in [0.15, 0.2) is 0 Å². The van der Waals surface area contributed by atoms with E-state index >= 15 is 0 Å². The summed E-state index contributed by atoms with van der Waals surface area (Å²) in [6, 6.07) is 18.9. The van der Waals surface area contributed by atoms with Crippen LogP contribution in [0.25, 0.3) is 0 Å². The molecule has 0 radical (unpaired) electrons. The van der Waals surface area contributed by atoms with Crippen LogP contribution in [0.2, 0.25) is 0 Å². The summed E-state index contributed by atoms with van der Waals surface area (Å²) < 4.78 is 12.0. The maximum absolute atomic E-state index is 11.5. The average molecular weight is 369 g/mol. The van der Waals surface area contributed by atoms with Crippen molar-refractivity contribution in [3.8, 4) is 0 Å². The van der Waals surface area contributed by atoms with Gasteiger partial charge in [-0.15, -0.1) is 6.58 Å². The third-order valence-electron chi connectivity index (χ3n) is 4.11. The largest absolute Gasteiger partial charge is 0.394 e. The number of amides is 1. The lowest BCUT2D eigenvalue weighted by Crippen LogP contribution is -2.51. The van der Waals surface area contributed by atoms with E-state index in [9.17, 15) is 9.90 Å². The number of ether oxygens (including phenoxy) is 2. The fraction of sp³-hybridized carbons (Fsp3) is 0.318. The van der Waals surface area contributed by atoms with Gasteiger partial charge in [0.2, 0.25) is 5.91 Å². The van der Waals surface area contributed by atoms with E-state index in [0.717, 1.165) is 11.1 Å². The molecule has 0 spiro atoms. The van der Waals surface area contributed by atoms with Crippen molar-refractivity contribution in [2.24, 2.45) is 0 Å². The Hall–Kier alpha value is -2.47. The van der Waals surface area contributed by atoms with Crippen LogP contribution in [-0.4, -0.2) is 35.9 Å². The van der Waals surface area contributed by atoms with E-state index in [1.54, 1.807) is 6.08 Å². The summed E-state index contributed by atoms with van der Waals surface area (Å²) >= 11 is 0. The Kier molecular flexibility index (Phi) is 8.71. The molecule has 0 aliphatic heterocycles. The van der Waals surface area contributed by atoms with E-state index in [-0.39, 0.29) is 12.5 Å². The van der Waals surface area contributed by atoms with E-state index in [0.29, 0.717) is 13.2 Å². The Morgan fingerprint density at radius 1 is 1.04 bits per heavy atom. The molecule has 0 heterocycles. The summed E-state index contributed by atoms with van der Waals surface area (Å²) in [5.74, 6) is -0.242. The molecule has 0 aromatic heterocycles. The Morgan fingerprint density at radius 3 is 2.00 bits per heavy atom. The van der Waals surface area contributed by atoms with Crippen molar-refractivity contribution in [2.75, 3.05) is 6.61 Å². The van der Waals surface area contributed by atoms with Crippen LogP contribution < -0.4 is 5.32 Å². The first-order chi connectivity index (χ1) is 13.1. The van der Waals surface area contributed by atoms with Gasteiger partial charge >= 0.3 is 0 Å². The topological polar surface area (TPSA) is 67.8 Å². The SMILES string of the molecule is C=C[C@H](OCc1ccccc1)[C@H](OCc1ccccc1)[C@H](CO)NC(C)=O. The van der Waals surface area contributed by atoms with Gasteiger partial charge in [-0.2, -0.15) is 0 Å². The minimum absolute atomic E-state index is 0.242. The van der Waals surface area contributed by atoms with Crippen molar-refractivity contribution >= 4 is 5.91 Å². The molecule has 3 atom stereocenters. The highest BCUT2D eigenvalue weighted by molar-refractivity contribution is 5.73. The van der Waals surface area contributed by atoms with E-state index in [4.69, 9.17) is 9.47 Å². The molecule has 144 valence electrons. The number of hydrogen-bond acceptors (Lipinski definition) is 4. The summed E-state index contributed by atoms with van der Waals surface area (Å²) in [6.45, 7) is 5.70. The van der Waals surface area contributed by atoms with Gasteiger partial charge < -0.3 is 19.9 Å². The number of aliphatic hydroxyl groups excluding tert-OH is 1. The highest BCUT2D eigenvalue weighted by Crippen LogP contribution is 2.16. The molecule has 1 amide bonds. The predicted octanol–water partition coefficient (Wildman–Crippen LogP) is 2.84. The van der Waals surface area contributed by atoms with Crippen molar-refractivity contribution in [2.45, 2.75) is 38.4 Å². The molecule has 2 N–H and O–H groups in total. The van der Waals surface area contributed by atoms with E-state index < -0.39 is 18.2 Å². The van der Waals surface area contributed by atoms with E-state index in [1.807, 2.05) is 60.7 Å². The van der Waals surface area contributed by atoms with Crippen LogP contribution in [0.4, 0.5) is 0 Å². The molecular weight excluding hydrogens is 342 g/mol. The smallest absolute Gasteiger partial charge is 0.217 e. The molecule has 0 aliphatic carbocycles. The molecule has 5 nitrogen and oxygen atoms in total. The summed E-state index contributed by atoms with van der Waals surface area (Å²) in [5, 5.41) is 12.5. The lowest BCUT2D eigenvalue weighted by molar-refractivity contribution is -0.125. The fourth-order valence-electron chi connectivity index (χ4n) is 2.76. The van der Waals surface area contributed by atoms with Crippen molar-refractivity contribution in [3.05, 3.63) is 84.4 Å². The maximum atomic E-state index is 11.5. The Morgan fingerprint density at radius 2 is 1.56 bits per heavy atom. The summed E-state index contributed by atoms with van der Waals surface area (Å²) in [7, 11) is 0. The molecule has 27 heavy (non-hydrogen) atoms. The van der Waals surface area contributed by atoms with Crippen LogP contribution in [0.1, 0.15) is 18.1 Å². The first kappa shape index (κ1) is 20.8. The number of aliphatic hydroxyl groups is 1. The number of carbonyl (C=O) groups excluding carboxylic acids is 1. The Labute approximate surface area is 160 Å². The molecule has 0 unspecified atom stereocenters. The maximum Gasteiger partial charge on any atom is 0.217 e. The summed E-state index contributed by atoms with van der Waals surface area (Å²) in [4.78, 5) is 11.5. The Balaban J connectivity index is 2.11. The lowest BCUT2D eigenvalue weighted by Gasteiger charge is -2.31. The van der Waals surface area contributed by atoms with Crippen LogP contribution >= 0.6 is 0 Å². The minimum Gasteiger partial charge on any atom is -0.394 e. The van der Waals surface area contributed by atoms with Crippen LogP contribution in [0.15, 0.2) is 73.3 Å². The van der Waals surface area contributed by atoms with E-state index in [2.05, 4.69) is 11.9 Å². The van der Waals surface area contributed by atoms with Gasteiger partial charge in [-0.25, -0.2) is 0 Å². The molecule has 5 heteroatoms.